The van der Waals surface area contributed by atoms with Crippen molar-refractivity contribution in [3.8, 4) is 5.75 Å². The fraction of sp³-hybridized carbons (Fsp3) is 0.417. The molecule has 82 valence electrons. The third kappa shape index (κ3) is 3.72. The topological polar surface area (TPSA) is 52.3 Å². The molecule has 0 radical (unpaired) electrons. The van der Waals surface area contributed by atoms with Crippen molar-refractivity contribution in [2.24, 2.45) is 5.73 Å². The zero-order chi connectivity index (χ0) is 11.1. The lowest BCUT2D eigenvalue weighted by molar-refractivity contribution is 0.0979. The fourth-order valence-electron chi connectivity index (χ4n) is 1.35. The van der Waals surface area contributed by atoms with Crippen molar-refractivity contribution in [3.63, 3.8) is 0 Å². The van der Waals surface area contributed by atoms with Crippen molar-refractivity contribution >= 4 is 5.78 Å². The molecule has 0 aliphatic heterocycles. The Morgan fingerprint density at radius 3 is 2.47 bits per heavy atom. The summed E-state index contributed by atoms with van der Waals surface area (Å²) in [5, 5.41) is 0. The number of Topliss-reactive ketones (excluding diaryl/α,β-unsaturated/α-hetero) is 1. The van der Waals surface area contributed by atoms with Gasteiger partial charge in [-0.25, -0.2) is 0 Å². The van der Waals surface area contributed by atoms with E-state index in [1.54, 1.807) is 31.4 Å². The van der Waals surface area contributed by atoms with Gasteiger partial charge in [0.25, 0.3) is 0 Å². The van der Waals surface area contributed by atoms with Gasteiger partial charge >= 0.3 is 0 Å². The number of unbranched alkanes of at least 4 members (excludes halogenated alkanes) is 1. The zero-order valence-corrected chi connectivity index (χ0v) is 9.03. The molecule has 0 spiro atoms. The smallest absolute Gasteiger partial charge is 0.162 e. The molecule has 1 aromatic rings. The predicted octanol–water partition coefficient (Wildman–Crippen LogP) is 2.01. The summed E-state index contributed by atoms with van der Waals surface area (Å²) in [4.78, 5) is 11.6. The molecule has 1 aromatic carbocycles. The summed E-state index contributed by atoms with van der Waals surface area (Å²) in [5.41, 5.74) is 6.11. The second-order valence-corrected chi connectivity index (χ2v) is 3.40. The molecule has 0 saturated heterocycles. The van der Waals surface area contributed by atoms with E-state index in [2.05, 4.69) is 0 Å². The maximum atomic E-state index is 11.6. The van der Waals surface area contributed by atoms with Crippen LogP contribution < -0.4 is 10.5 Å². The van der Waals surface area contributed by atoms with Crippen LogP contribution in [0.15, 0.2) is 24.3 Å². The van der Waals surface area contributed by atoms with Gasteiger partial charge in [-0.2, -0.15) is 0 Å². The van der Waals surface area contributed by atoms with E-state index in [0.29, 0.717) is 13.0 Å². The number of ether oxygens (including phenoxy) is 1. The van der Waals surface area contributed by atoms with Gasteiger partial charge in [-0.15, -0.1) is 0 Å². The van der Waals surface area contributed by atoms with Crippen LogP contribution in [0, 0.1) is 0 Å². The number of carbonyl (C=O) groups is 1. The third-order valence-electron chi connectivity index (χ3n) is 2.27. The number of carbonyl (C=O) groups excluding carboxylic acids is 1. The van der Waals surface area contributed by atoms with Gasteiger partial charge in [-0.3, -0.25) is 4.79 Å². The molecule has 0 bridgehead atoms. The average Bonchev–Trinajstić information content (AvgIpc) is 2.29. The van der Waals surface area contributed by atoms with Crippen LogP contribution in [0.5, 0.6) is 5.75 Å². The largest absolute Gasteiger partial charge is 0.497 e. The normalized spacial score (nSPS) is 10.0. The SMILES string of the molecule is COc1ccc(C(=O)CCCCN)cc1. The highest BCUT2D eigenvalue weighted by Crippen LogP contribution is 2.13. The summed E-state index contributed by atoms with van der Waals surface area (Å²) >= 11 is 0. The zero-order valence-electron chi connectivity index (χ0n) is 9.03. The molecule has 0 unspecified atom stereocenters. The van der Waals surface area contributed by atoms with Crippen LogP contribution in [0.2, 0.25) is 0 Å². The molecule has 0 fully saturated rings. The van der Waals surface area contributed by atoms with Gasteiger partial charge in [-0.05, 0) is 43.7 Å². The van der Waals surface area contributed by atoms with Crippen molar-refractivity contribution in [2.75, 3.05) is 13.7 Å². The minimum atomic E-state index is 0.172. The maximum absolute atomic E-state index is 11.6. The molecule has 0 aliphatic carbocycles. The van der Waals surface area contributed by atoms with E-state index in [0.717, 1.165) is 24.2 Å². The summed E-state index contributed by atoms with van der Waals surface area (Å²) in [7, 11) is 1.61. The number of ketones is 1. The number of hydrogen-bond acceptors (Lipinski definition) is 3. The number of benzene rings is 1. The van der Waals surface area contributed by atoms with Crippen LogP contribution in [0.4, 0.5) is 0 Å². The second-order valence-electron chi connectivity index (χ2n) is 3.40. The lowest BCUT2D eigenvalue weighted by Gasteiger charge is -2.02. The quantitative estimate of drug-likeness (QED) is 0.573. The molecule has 0 atom stereocenters. The van der Waals surface area contributed by atoms with Crippen molar-refractivity contribution in [3.05, 3.63) is 29.8 Å². The lowest BCUT2D eigenvalue weighted by atomic mass is 10.1. The maximum Gasteiger partial charge on any atom is 0.162 e. The van der Waals surface area contributed by atoms with Crippen molar-refractivity contribution in [1.29, 1.82) is 0 Å². The standard InChI is InChI=1S/C12H17NO2/c1-15-11-7-5-10(6-8-11)12(14)4-2-3-9-13/h5-8H,2-4,9,13H2,1H3. The van der Waals surface area contributed by atoms with Crippen molar-refractivity contribution in [1.82, 2.24) is 0 Å². The molecule has 1 rings (SSSR count). The van der Waals surface area contributed by atoms with Gasteiger partial charge in [0, 0.05) is 12.0 Å². The molecule has 0 aliphatic rings. The first-order chi connectivity index (χ1) is 7.27. The van der Waals surface area contributed by atoms with E-state index in [-0.39, 0.29) is 5.78 Å². The Labute approximate surface area is 90.2 Å². The first-order valence-electron chi connectivity index (χ1n) is 5.15. The van der Waals surface area contributed by atoms with Gasteiger partial charge < -0.3 is 10.5 Å². The van der Waals surface area contributed by atoms with E-state index in [4.69, 9.17) is 10.5 Å². The van der Waals surface area contributed by atoms with E-state index in [9.17, 15) is 4.79 Å². The highest BCUT2D eigenvalue weighted by Gasteiger charge is 2.04. The van der Waals surface area contributed by atoms with Crippen LogP contribution in [0.1, 0.15) is 29.6 Å². The highest BCUT2D eigenvalue weighted by molar-refractivity contribution is 5.96. The second kappa shape index (κ2) is 6.19. The number of hydrogen-bond donors (Lipinski definition) is 1. The third-order valence-corrected chi connectivity index (χ3v) is 2.27. The van der Waals surface area contributed by atoms with Crippen LogP contribution in [0.25, 0.3) is 0 Å². The summed E-state index contributed by atoms with van der Waals surface area (Å²) < 4.78 is 5.02. The van der Waals surface area contributed by atoms with Gasteiger partial charge in [0.2, 0.25) is 0 Å². The van der Waals surface area contributed by atoms with Crippen LogP contribution in [0.3, 0.4) is 0 Å². The predicted molar refractivity (Wildman–Crippen MR) is 60.2 cm³/mol. The Morgan fingerprint density at radius 2 is 1.93 bits per heavy atom. The molecule has 0 amide bonds. The molecule has 2 N–H and O–H groups in total. The van der Waals surface area contributed by atoms with Gasteiger partial charge in [0.1, 0.15) is 5.75 Å². The van der Waals surface area contributed by atoms with Crippen molar-refractivity contribution < 1.29 is 9.53 Å². The summed E-state index contributed by atoms with van der Waals surface area (Å²) in [6.07, 6.45) is 2.34. The number of methoxy groups -OCH3 is 1. The van der Waals surface area contributed by atoms with E-state index in [1.807, 2.05) is 0 Å². The van der Waals surface area contributed by atoms with E-state index in [1.165, 1.54) is 0 Å². The Bertz CT molecular complexity index is 306. The first kappa shape index (κ1) is 11.7. The molecule has 3 nitrogen and oxygen atoms in total. The molecular weight excluding hydrogens is 190 g/mol. The lowest BCUT2D eigenvalue weighted by Crippen LogP contribution is -2.02. The summed E-state index contributed by atoms with van der Waals surface area (Å²) in [6, 6.07) is 7.19. The average molecular weight is 207 g/mol. The molecule has 0 heterocycles. The number of nitrogens with two attached hydrogens (primary N) is 1. The van der Waals surface area contributed by atoms with Crippen molar-refractivity contribution in [2.45, 2.75) is 19.3 Å². The highest BCUT2D eigenvalue weighted by atomic mass is 16.5. The molecule has 0 aromatic heterocycles. The summed E-state index contributed by atoms with van der Waals surface area (Å²) in [6.45, 7) is 0.649. The molecule has 3 heteroatoms. The van der Waals surface area contributed by atoms with Crippen LogP contribution in [-0.4, -0.2) is 19.4 Å². The Hall–Kier alpha value is -1.35. The Balaban J connectivity index is 2.50. The Kier molecular flexibility index (Phi) is 4.84. The van der Waals surface area contributed by atoms with Gasteiger partial charge in [0.15, 0.2) is 5.78 Å². The minimum Gasteiger partial charge on any atom is -0.497 e. The molecule has 0 saturated carbocycles. The van der Waals surface area contributed by atoms with E-state index >= 15 is 0 Å². The summed E-state index contributed by atoms with van der Waals surface area (Å²) in [5.74, 6) is 0.944. The molecule has 15 heavy (non-hydrogen) atoms. The number of rotatable bonds is 6. The van der Waals surface area contributed by atoms with Crippen LogP contribution in [-0.2, 0) is 0 Å². The fourth-order valence-corrected chi connectivity index (χ4v) is 1.35. The van der Waals surface area contributed by atoms with Gasteiger partial charge in [0.05, 0.1) is 7.11 Å². The minimum absolute atomic E-state index is 0.172. The molecular formula is C12H17NO2. The van der Waals surface area contributed by atoms with E-state index < -0.39 is 0 Å². The first-order valence-corrected chi connectivity index (χ1v) is 5.15. The van der Waals surface area contributed by atoms with Gasteiger partial charge in [-0.1, -0.05) is 0 Å². The monoisotopic (exact) mass is 207 g/mol. The van der Waals surface area contributed by atoms with Crippen LogP contribution >= 0.6 is 0 Å². The Morgan fingerprint density at radius 1 is 1.27 bits per heavy atom.